The molecule has 0 aliphatic heterocycles. The fourth-order valence-corrected chi connectivity index (χ4v) is 8.17. The molecule has 0 aromatic heterocycles. The van der Waals surface area contributed by atoms with Gasteiger partial charge in [-0.2, -0.15) is 16.8 Å². The molecule has 4 atom stereocenters. The van der Waals surface area contributed by atoms with Gasteiger partial charge in [-0.1, -0.05) is 48.3 Å². The molecule has 47 heavy (non-hydrogen) atoms. The standard InChI is InChI=1S/C35H54O10S2/c1-25(2)11-7-12-26(3)13-8-21-35(6,37)32(36)18-22-33(4)19-9-15-30-29(33)14-10-20-34(30,5)24-27-23-28(44-46(38,39)40)16-17-31(27)45-47(41,42)43/h11,13,16-17,23,32,36-37H,7-10,12,14-15,18-22,24H2,1-6H3,(H,38,39,40)(H,41,42,43)/b26-13+/t32?,33-,34?,35?/m0/s1. The van der Waals surface area contributed by atoms with Gasteiger partial charge in [0.2, 0.25) is 0 Å². The van der Waals surface area contributed by atoms with Crippen LogP contribution in [-0.2, 0) is 27.2 Å². The predicted octanol–water partition coefficient (Wildman–Crippen LogP) is 7.63. The maximum atomic E-state index is 11.6. The van der Waals surface area contributed by atoms with Crippen molar-refractivity contribution in [1.82, 2.24) is 0 Å². The van der Waals surface area contributed by atoms with Gasteiger partial charge < -0.3 is 18.6 Å². The van der Waals surface area contributed by atoms with E-state index in [1.807, 2.05) is 0 Å². The molecule has 3 unspecified atom stereocenters. The largest absolute Gasteiger partial charge is 0.446 e. The van der Waals surface area contributed by atoms with Crippen LogP contribution in [0.2, 0.25) is 0 Å². The van der Waals surface area contributed by atoms with E-state index in [1.165, 1.54) is 34.4 Å². The number of rotatable bonds is 16. The molecule has 0 spiro atoms. The quantitative estimate of drug-likeness (QED) is 0.0995. The Kier molecular flexibility index (Phi) is 13.0. The Morgan fingerprint density at radius 1 is 0.936 bits per heavy atom. The molecule has 10 nitrogen and oxygen atoms in total. The molecule has 0 fully saturated rings. The molecule has 0 radical (unpaired) electrons. The van der Waals surface area contributed by atoms with Gasteiger partial charge in [-0.25, -0.2) is 0 Å². The van der Waals surface area contributed by atoms with Crippen LogP contribution in [-0.4, -0.2) is 47.9 Å². The van der Waals surface area contributed by atoms with E-state index in [2.05, 4.69) is 51.0 Å². The topological polar surface area (TPSA) is 168 Å². The molecule has 3 rings (SSSR count). The van der Waals surface area contributed by atoms with E-state index in [1.54, 1.807) is 6.92 Å². The fraction of sp³-hybridized carbons (Fsp3) is 0.657. The van der Waals surface area contributed by atoms with Gasteiger partial charge in [-0.3, -0.25) is 9.11 Å². The predicted molar refractivity (Wildman–Crippen MR) is 183 cm³/mol. The Bertz CT molecular complexity index is 1570. The van der Waals surface area contributed by atoms with E-state index < -0.39 is 37.9 Å². The molecule has 2 aliphatic rings. The van der Waals surface area contributed by atoms with Crippen molar-refractivity contribution in [2.24, 2.45) is 10.8 Å². The van der Waals surface area contributed by atoms with Crippen LogP contribution in [0, 0.1) is 10.8 Å². The summed E-state index contributed by atoms with van der Waals surface area (Å²) in [6.07, 6.45) is 13.3. The first-order chi connectivity index (χ1) is 21.6. The van der Waals surface area contributed by atoms with Gasteiger partial charge in [0.15, 0.2) is 0 Å². The Hall–Kier alpha value is -2.22. The molecule has 266 valence electrons. The van der Waals surface area contributed by atoms with E-state index in [-0.39, 0.29) is 23.3 Å². The van der Waals surface area contributed by atoms with E-state index in [0.29, 0.717) is 31.2 Å². The average Bonchev–Trinajstić information content (AvgIpc) is 2.92. The molecule has 0 saturated carbocycles. The number of hydrogen-bond acceptors (Lipinski definition) is 8. The molecule has 0 amide bonds. The van der Waals surface area contributed by atoms with Crippen LogP contribution in [0.4, 0.5) is 0 Å². The van der Waals surface area contributed by atoms with Gasteiger partial charge in [0, 0.05) is 5.56 Å². The van der Waals surface area contributed by atoms with Crippen molar-refractivity contribution < 1.29 is 44.5 Å². The minimum Gasteiger partial charge on any atom is -0.390 e. The van der Waals surface area contributed by atoms with Crippen LogP contribution < -0.4 is 8.37 Å². The first kappa shape index (κ1) is 39.2. The van der Waals surface area contributed by atoms with Crippen molar-refractivity contribution in [3.63, 3.8) is 0 Å². The summed E-state index contributed by atoms with van der Waals surface area (Å²) in [5, 5.41) is 22.4. The highest BCUT2D eigenvalue weighted by Crippen LogP contribution is 2.56. The lowest BCUT2D eigenvalue weighted by Crippen LogP contribution is -2.41. The third kappa shape index (κ3) is 11.7. The lowest BCUT2D eigenvalue weighted by Gasteiger charge is -2.48. The highest BCUT2D eigenvalue weighted by molar-refractivity contribution is 7.81. The van der Waals surface area contributed by atoms with Crippen LogP contribution >= 0.6 is 0 Å². The summed E-state index contributed by atoms with van der Waals surface area (Å²) in [5.41, 5.74) is 3.60. The Balaban J connectivity index is 1.80. The number of benzene rings is 1. The lowest BCUT2D eigenvalue weighted by molar-refractivity contribution is -0.0732. The van der Waals surface area contributed by atoms with Crippen LogP contribution in [0.1, 0.15) is 124 Å². The third-order valence-corrected chi connectivity index (χ3v) is 10.9. The van der Waals surface area contributed by atoms with Crippen LogP contribution in [0.25, 0.3) is 0 Å². The second-order valence-electron chi connectivity index (χ2n) is 14.6. The van der Waals surface area contributed by atoms with Crippen molar-refractivity contribution in [2.75, 3.05) is 0 Å². The summed E-state index contributed by atoms with van der Waals surface area (Å²) >= 11 is 0. The maximum absolute atomic E-state index is 11.6. The van der Waals surface area contributed by atoms with E-state index in [4.69, 9.17) is 4.18 Å². The minimum atomic E-state index is -4.86. The number of aliphatic hydroxyl groups excluding tert-OH is 1. The number of hydrogen-bond donors (Lipinski definition) is 4. The maximum Gasteiger partial charge on any atom is 0.446 e. The number of aliphatic hydroxyl groups is 2. The summed E-state index contributed by atoms with van der Waals surface area (Å²) in [5.74, 6) is -0.381. The second-order valence-corrected chi connectivity index (χ2v) is 16.6. The zero-order valence-electron chi connectivity index (χ0n) is 28.7. The summed E-state index contributed by atoms with van der Waals surface area (Å²) < 4.78 is 74.0. The monoisotopic (exact) mass is 698 g/mol. The van der Waals surface area contributed by atoms with Crippen molar-refractivity contribution in [3.05, 3.63) is 58.2 Å². The summed E-state index contributed by atoms with van der Waals surface area (Å²) in [4.78, 5) is 0. The number of allylic oxidation sites excluding steroid dienone is 6. The molecule has 12 heteroatoms. The van der Waals surface area contributed by atoms with Crippen LogP contribution in [0.5, 0.6) is 11.5 Å². The molecule has 0 heterocycles. The van der Waals surface area contributed by atoms with Gasteiger partial charge >= 0.3 is 20.8 Å². The summed E-state index contributed by atoms with van der Waals surface area (Å²) in [7, 11) is -9.69. The molecule has 2 aliphatic carbocycles. The van der Waals surface area contributed by atoms with Crippen molar-refractivity contribution in [2.45, 2.75) is 137 Å². The van der Waals surface area contributed by atoms with E-state index in [9.17, 15) is 36.2 Å². The lowest BCUT2D eigenvalue weighted by atomic mass is 9.57. The minimum absolute atomic E-state index is 0.161. The zero-order chi connectivity index (χ0) is 35.3. The van der Waals surface area contributed by atoms with Crippen LogP contribution in [0.15, 0.2) is 52.6 Å². The smallest absolute Gasteiger partial charge is 0.390 e. The van der Waals surface area contributed by atoms with Gasteiger partial charge in [0.1, 0.15) is 11.5 Å². The first-order valence-corrected chi connectivity index (χ1v) is 19.2. The Morgan fingerprint density at radius 2 is 1.53 bits per heavy atom. The highest BCUT2D eigenvalue weighted by Gasteiger charge is 2.44. The van der Waals surface area contributed by atoms with Crippen molar-refractivity contribution in [1.29, 1.82) is 0 Å². The fourth-order valence-electron chi connectivity index (χ4n) is 7.43. The van der Waals surface area contributed by atoms with Gasteiger partial charge in [-0.15, -0.1) is 0 Å². The van der Waals surface area contributed by atoms with E-state index in [0.717, 1.165) is 57.4 Å². The Morgan fingerprint density at radius 3 is 2.13 bits per heavy atom. The van der Waals surface area contributed by atoms with Crippen molar-refractivity contribution >= 4 is 20.8 Å². The average molecular weight is 699 g/mol. The third-order valence-electron chi connectivity index (χ3n) is 10.1. The molecule has 0 bridgehead atoms. The molecule has 0 saturated heterocycles. The first-order valence-electron chi connectivity index (χ1n) is 16.5. The second kappa shape index (κ2) is 15.6. The van der Waals surface area contributed by atoms with Gasteiger partial charge in [0.05, 0.1) is 11.7 Å². The normalized spacial score (nSPS) is 24.3. The molecular weight excluding hydrogens is 645 g/mol. The van der Waals surface area contributed by atoms with Crippen molar-refractivity contribution in [3.8, 4) is 11.5 Å². The van der Waals surface area contributed by atoms with Crippen LogP contribution in [0.3, 0.4) is 0 Å². The van der Waals surface area contributed by atoms with Gasteiger partial charge in [0.25, 0.3) is 0 Å². The Labute approximate surface area is 281 Å². The molecule has 1 aromatic carbocycles. The zero-order valence-corrected chi connectivity index (χ0v) is 30.3. The molecule has 4 N–H and O–H groups in total. The summed E-state index contributed by atoms with van der Waals surface area (Å²) in [6, 6.07) is 3.62. The highest BCUT2D eigenvalue weighted by atomic mass is 32.3. The van der Waals surface area contributed by atoms with Gasteiger partial charge in [-0.05, 0) is 140 Å². The SMILES string of the molecule is CC(C)=CCC/C(C)=C/CCC(C)(O)C(O)CC[C@]1(C)CCCC2=C1CCCC2(C)Cc1cc(OS(=O)(=O)O)ccc1OS(=O)(=O)O. The summed E-state index contributed by atoms with van der Waals surface area (Å²) in [6.45, 7) is 12.3. The molecule has 1 aromatic rings. The molecular formula is C35H54O10S2. The van der Waals surface area contributed by atoms with E-state index >= 15 is 0 Å².